The summed E-state index contributed by atoms with van der Waals surface area (Å²) in [6.45, 7) is 0.735. The van der Waals surface area contributed by atoms with E-state index in [2.05, 4.69) is 10.6 Å². The third kappa shape index (κ3) is 8.00. The molecule has 0 aliphatic rings. The molecule has 2 aromatic carbocycles. The molecule has 0 aliphatic carbocycles. The van der Waals surface area contributed by atoms with Crippen molar-refractivity contribution >= 4 is 27.5 Å². The maximum Gasteiger partial charge on any atom is 0.262 e. The first kappa shape index (κ1) is 24.3. The van der Waals surface area contributed by atoms with E-state index in [0.717, 1.165) is 11.8 Å². The predicted octanol–water partition coefficient (Wildman–Crippen LogP) is 1.47. The standard InChI is InChI=1S/C21H27N3O6S/c1-24(31(3,27)28)14-16-8-10-17(11-9-16)30-15-20(25)23-19-7-5-4-6-18(19)21(26)22-12-13-29-2/h4-11H,12-15H2,1-3H3,(H,22,26)(H,23,25). The first-order valence-electron chi connectivity index (χ1n) is 9.49. The van der Waals surface area contributed by atoms with Gasteiger partial charge in [0.15, 0.2) is 6.61 Å². The van der Waals surface area contributed by atoms with Crippen molar-refractivity contribution in [1.82, 2.24) is 9.62 Å². The molecule has 0 atom stereocenters. The Labute approximate surface area is 182 Å². The molecule has 2 N–H and O–H groups in total. The molecule has 2 aromatic rings. The molecule has 0 unspecified atom stereocenters. The fourth-order valence-electron chi connectivity index (χ4n) is 2.55. The molecule has 0 bridgehead atoms. The third-order valence-corrected chi connectivity index (χ3v) is 5.56. The van der Waals surface area contributed by atoms with Gasteiger partial charge in [0.25, 0.3) is 11.8 Å². The third-order valence-electron chi connectivity index (χ3n) is 4.30. The van der Waals surface area contributed by atoms with Crippen molar-refractivity contribution in [3.63, 3.8) is 0 Å². The highest BCUT2D eigenvalue weighted by molar-refractivity contribution is 7.88. The number of carbonyl (C=O) groups excluding carboxylic acids is 2. The van der Waals surface area contributed by atoms with E-state index in [0.29, 0.717) is 30.2 Å². The highest BCUT2D eigenvalue weighted by atomic mass is 32.2. The van der Waals surface area contributed by atoms with Crippen molar-refractivity contribution in [2.75, 3.05) is 45.5 Å². The second kappa shape index (κ2) is 11.4. The van der Waals surface area contributed by atoms with Gasteiger partial charge in [0.2, 0.25) is 10.0 Å². The Morgan fingerprint density at radius 1 is 1.06 bits per heavy atom. The lowest BCUT2D eigenvalue weighted by Crippen LogP contribution is -2.29. The number of para-hydroxylation sites is 1. The van der Waals surface area contributed by atoms with Gasteiger partial charge in [-0.05, 0) is 29.8 Å². The summed E-state index contributed by atoms with van der Waals surface area (Å²) in [6, 6.07) is 13.5. The van der Waals surface area contributed by atoms with Gasteiger partial charge < -0.3 is 20.1 Å². The minimum atomic E-state index is -3.26. The lowest BCUT2D eigenvalue weighted by molar-refractivity contribution is -0.118. The Morgan fingerprint density at radius 2 is 1.74 bits per heavy atom. The summed E-state index contributed by atoms with van der Waals surface area (Å²) in [6.07, 6.45) is 1.14. The van der Waals surface area contributed by atoms with Gasteiger partial charge in [-0.2, -0.15) is 0 Å². The van der Waals surface area contributed by atoms with Crippen LogP contribution in [-0.2, 0) is 26.1 Å². The molecule has 0 spiro atoms. The van der Waals surface area contributed by atoms with Crippen LogP contribution in [0.1, 0.15) is 15.9 Å². The number of rotatable bonds is 11. The van der Waals surface area contributed by atoms with Crippen LogP contribution in [0.3, 0.4) is 0 Å². The van der Waals surface area contributed by atoms with E-state index in [4.69, 9.17) is 9.47 Å². The Hall–Kier alpha value is -2.95. The minimum absolute atomic E-state index is 0.239. The fraction of sp³-hybridized carbons (Fsp3) is 0.333. The molecule has 10 heteroatoms. The molecule has 168 valence electrons. The van der Waals surface area contributed by atoms with Crippen LogP contribution in [0.5, 0.6) is 5.75 Å². The molecule has 2 rings (SSSR count). The molecule has 0 saturated heterocycles. The highest BCUT2D eigenvalue weighted by Crippen LogP contribution is 2.16. The van der Waals surface area contributed by atoms with Gasteiger partial charge in [0.1, 0.15) is 5.75 Å². The predicted molar refractivity (Wildman–Crippen MR) is 118 cm³/mol. The number of amides is 2. The fourth-order valence-corrected chi connectivity index (χ4v) is 2.94. The molecular weight excluding hydrogens is 422 g/mol. The summed E-state index contributed by atoms with van der Waals surface area (Å²) in [7, 11) is -0.221. The van der Waals surface area contributed by atoms with Crippen molar-refractivity contribution in [2.24, 2.45) is 0 Å². The summed E-state index contributed by atoms with van der Waals surface area (Å²) >= 11 is 0. The zero-order valence-electron chi connectivity index (χ0n) is 17.8. The quantitative estimate of drug-likeness (QED) is 0.502. The topological polar surface area (TPSA) is 114 Å². The Bertz CT molecular complexity index is 992. The van der Waals surface area contributed by atoms with Crippen LogP contribution < -0.4 is 15.4 Å². The average molecular weight is 450 g/mol. The summed E-state index contributed by atoms with van der Waals surface area (Å²) in [5.41, 5.74) is 1.51. The molecule has 0 fully saturated rings. The molecule has 0 saturated carbocycles. The van der Waals surface area contributed by atoms with Crippen LogP contribution in [0.4, 0.5) is 5.69 Å². The maximum absolute atomic E-state index is 12.3. The van der Waals surface area contributed by atoms with Crippen molar-refractivity contribution in [2.45, 2.75) is 6.54 Å². The van der Waals surface area contributed by atoms with E-state index in [1.165, 1.54) is 11.4 Å². The molecule has 0 radical (unpaired) electrons. The molecule has 9 nitrogen and oxygen atoms in total. The lowest BCUT2D eigenvalue weighted by Gasteiger charge is -2.14. The zero-order chi connectivity index (χ0) is 22.9. The number of sulfonamides is 1. The second-order valence-electron chi connectivity index (χ2n) is 6.79. The number of anilines is 1. The number of nitrogens with one attached hydrogen (secondary N) is 2. The van der Waals surface area contributed by atoms with E-state index in [1.807, 2.05) is 0 Å². The summed E-state index contributed by atoms with van der Waals surface area (Å²) < 4.78 is 34.6. The second-order valence-corrected chi connectivity index (χ2v) is 8.88. The van der Waals surface area contributed by atoms with Crippen LogP contribution in [0.2, 0.25) is 0 Å². The van der Waals surface area contributed by atoms with E-state index < -0.39 is 15.9 Å². The zero-order valence-corrected chi connectivity index (χ0v) is 18.6. The van der Waals surface area contributed by atoms with Gasteiger partial charge in [0.05, 0.1) is 24.1 Å². The normalized spacial score (nSPS) is 11.2. The minimum Gasteiger partial charge on any atom is -0.484 e. The summed E-state index contributed by atoms with van der Waals surface area (Å²) in [5.74, 6) is -0.270. The van der Waals surface area contributed by atoms with Crippen molar-refractivity contribution in [3.8, 4) is 5.75 Å². The van der Waals surface area contributed by atoms with Gasteiger partial charge in [-0.25, -0.2) is 12.7 Å². The smallest absolute Gasteiger partial charge is 0.262 e. The summed E-state index contributed by atoms with van der Waals surface area (Å²) in [4.78, 5) is 24.6. The summed E-state index contributed by atoms with van der Waals surface area (Å²) in [5, 5.41) is 5.39. The highest BCUT2D eigenvalue weighted by Gasteiger charge is 2.14. The van der Waals surface area contributed by atoms with E-state index in [1.54, 1.807) is 55.6 Å². The molecular formula is C21H27N3O6S. The monoisotopic (exact) mass is 449 g/mol. The molecule has 0 heterocycles. The number of ether oxygens (including phenoxy) is 2. The van der Waals surface area contributed by atoms with Gasteiger partial charge in [-0.3, -0.25) is 9.59 Å². The molecule has 31 heavy (non-hydrogen) atoms. The van der Waals surface area contributed by atoms with E-state index in [9.17, 15) is 18.0 Å². The molecule has 0 aliphatic heterocycles. The van der Waals surface area contributed by atoms with Crippen LogP contribution in [-0.4, -0.2) is 64.7 Å². The Balaban J connectivity index is 1.90. The molecule has 2 amide bonds. The maximum atomic E-state index is 12.3. The number of hydrogen-bond acceptors (Lipinski definition) is 6. The Morgan fingerprint density at radius 3 is 2.39 bits per heavy atom. The Kier molecular flexibility index (Phi) is 8.98. The lowest BCUT2D eigenvalue weighted by atomic mass is 10.1. The number of benzene rings is 2. The largest absolute Gasteiger partial charge is 0.484 e. The first-order valence-corrected chi connectivity index (χ1v) is 11.3. The van der Waals surface area contributed by atoms with Crippen LogP contribution >= 0.6 is 0 Å². The van der Waals surface area contributed by atoms with Crippen LogP contribution in [0.25, 0.3) is 0 Å². The van der Waals surface area contributed by atoms with E-state index >= 15 is 0 Å². The number of nitrogens with zero attached hydrogens (tertiary/aromatic N) is 1. The van der Waals surface area contributed by atoms with Gasteiger partial charge >= 0.3 is 0 Å². The van der Waals surface area contributed by atoms with Crippen LogP contribution in [0.15, 0.2) is 48.5 Å². The van der Waals surface area contributed by atoms with Crippen molar-refractivity contribution < 1.29 is 27.5 Å². The average Bonchev–Trinajstić information content (AvgIpc) is 2.73. The SMILES string of the molecule is COCCNC(=O)c1ccccc1NC(=O)COc1ccc(CN(C)S(C)(=O)=O)cc1. The van der Waals surface area contributed by atoms with Crippen molar-refractivity contribution in [1.29, 1.82) is 0 Å². The number of hydrogen-bond donors (Lipinski definition) is 2. The number of methoxy groups -OCH3 is 1. The van der Waals surface area contributed by atoms with E-state index in [-0.39, 0.29) is 19.1 Å². The van der Waals surface area contributed by atoms with Gasteiger partial charge in [0, 0.05) is 27.2 Å². The molecule has 0 aromatic heterocycles. The van der Waals surface area contributed by atoms with Gasteiger partial charge in [-0.1, -0.05) is 24.3 Å². The first-order chi connectivity index (χ1) is 14.7. The van der Waals surface area contributed by atoms with Crippen LogP contribution in [0, 0.1) is 0 Å². The van der Waals surface area contributed by atoms with Gasteiger partial charge in [-0.15, -0.1) is 0 Å². The number of carbonyl (C=O) groups is 2. The van der Waals surface area contributed by atoms with Crippen molar-refractivity contribution in [3.05, 3.63) is 59.7 Å².